The second-order valence-corrected chi connectivity index (χ2v) is 9.32. The summed E-state index contributed by atoms with van der Waals surface area (Å²) < 4.78 is 38.7. The molecule has 0 spiro atoms. The van der Waals surface area contributed by atoms with Crippen molar-refractivity contribution in [2.75, 3.05) is 25.6 Å². The van der Waals surface area contributed by atoms with Crippen LogP contribution in [0.15, 0.2) is 47.5 Å². The van der Waals surface area contributed by atoms with E-state index in [0.717, 1.165) is 29.0 Å². The largest absolute Gasteiger partial charge is 0.490 e. The van der Waals surface area contributed by atoms with E-state index in [1.807, 2.05) is 42.5 Å². The number of aliphatic imine (C=N–C) groups is 1. The van der Waals surface area contributed by atoms with E-state index in [1.165, 1.54) is 0 Å². The Kier molecular flexibility index (Phi) is 7.75. The molecule has 0 fully saturated rings. The summed E-state index contributed by atoms with van der Waals surface area (Å²) in [5.74, 6) is 1.92. The number of hydrogen-bond acceptors (Lipinski definition) is 5. The van der Waals surface area contributed by atoms with Crippen LogP contribution in [0.4, 0.5) is 5.69 Å². The van der Waals surface area contributed by atoms with Crippen LogP contribution in [0.25, 0.3) is 0 Å². The van der Waals surface area contributed by atoms with Crippen LogP contribution in [-0.4, -0.2) is 40.7 Å². The van der Waals surface area contributed by atoms with E-state index in [0.29, 0.717) is 31.5 Å². The third-order valence-corrected chi connectivity index (χ3v) is 6.08. The van der Waals surface area contributed by atoms with Crippen LogP contribution >= 0.6 is 0 Å². The molecule has 2 aromatic rings. The van der Waals surface area contributed by atoms with Crippen molar-refractivity contribution in [3.8, 4) is 11.5 Å². The van der Waals surface area contributed by atoms with Gasteiger partial charge in [0.25, 0.3) is 0 Å². The van der Waals surface area contributed by atoms with E-state index in [1.54, 1.807) is 20.9 Å². The monoisotopic (exact) mass is 446 g/mol. The van der Waals surface area contributed by atoms with Gasteiger partial charge in [0, 0.05) is 37.8 Å². The summed E-state index contributed by atoms with van der Waals surface area (Å²) in [6.45, 7) is 5.30. The molecule has 0 radical (unpaired) electrons. The highest BCUT2D eigenvalue weighted by Gasteiger charge is 2.16. The Balaban J connectivity index is 1.66. The highest BCUT2D eigenvalue weighted by molar-refractivity contribution is 7.88. The van der Waals surface area contributed by atoms with E-state index in [2.05, 4.69) is 20.3 Å². The molecular weight excluding hydrogens is 416 g/mol. The maximum absolute atomic E-state index is 12.4. The van der Waals surface area contributed by atoms with Gasteiger partial charge in [-0.05, 0) is 37.1 Å². The highest BCUT2D eigenvalue weighted by atomic mass is 32.2. The van der Waals surface area contributed by atoms with Gasteiger partial charge in [-0.2, -0.15) is 0 Å². The molecule has 3 rings (SSSR count). The predicted molar refractivity (Wildman–Crippen MR) is 123 cm³/mol. The van der Waals surface area contributed by atoms with Crippen molar-refractivity contribution in [3.63, 3.8) is 0 Å². The molecule has 0 bridgehead atoms. The minimum Gasteiger partial charge on any atom is -0.490 e. The number of fused-ring (bicyclic) bond motifs is 1. The zero-order valence-corrected chi connectivity index (χ0v) is 19.0. The average molecular weight is 447 g/mol. The van der Waals surface area contributed by atoms with Crippen molar-refractivity contribution in [3.05, 3.63) is 53.6 Å². The fourth-order valence-electron chi connectivity index (χ4n) is 3.21. The first kappa shape index (κ1) is 22.9. The Morgan fingerprint density at radius 2 is 1.77 bits per heavy atom. The zero-order valence-electron chi connectivity index (χ0n) is 18.1. The van der Waals surface area contributed by atoms with Crippen LogP contribution in [0.2, 0.25) is 0 Å². The zero-order chi connectivity index (χ0) is 22.3. The summed E-state index contributed by atoms with van der Waals surface area (Å²) >= 11 is 0. The molecule has 0 saturated carbocycles. The smallest absolute Gasteiger partial charge is 0.216 e. The van der Waals surface area contributed by atoms with Gasteiger partial charge in [0.1, 0.15) is 0 Å². The van der Waals surface area contributed by atoms with Crippen LogP contribution in [0.1, 0.15) is 31.4 Å². The van der Waals surface area contributed by atoms with Crippen molar-refractivity contribution < 1.29 is 17.9 Å². The maximum atomic E-state index is 12.4. The van der Waals surface area contributed by atoms with Crippen LogP contribution in [0.5, 0.6) is 11.5 Å². The second kappa shape index (κ2) is 10.5. The number of hydrogen-bond donors (Lipinski definition) is 3. The van der Waals surface area contributed by atoms with Gasteiger partial charge < -0.3 is 20.1 Å². The minimum absolute atomic E-state index is 0.0722. The Morgan fingerprint density at radius 3 is 2.48 bits per heavy atom. The Labute approximate surface area is 184 Å². The van der Waals surface area contributed by atoms with Crippen LogP contribution in [-0.2, 0) is 22.3 Å². The van der Waals surface area contributed by atoms with Crippen LogP contribution in [0, 0.1) is 0 Å². The lowest BCUT2D eigenvalue weighted by Crippen LogP contribution is -2.32. The van der Waals surface area contributed by atoms with Gasteiger partial charge in [0.05, 0.1) is 19.0 Å². The van der Waals surface area contributed by atoms with Gasteiger partial charge in [-0.25, -0.2) is 13.1 Å². The van der Waals surface area contributed by atoms with Crippen molar-refractivity contribution in [1.82, 2.24) is 10.0 Å². The van der Waals surface area contributed by atoms with Gasteiger partial charge in [-0.3, -0.25) is 4.99 Å². The number of rotatable bonds is 7. The summed E-state index contributed by atoms with van der Waals surface area (Å²) in [5.41, 5.74) is 2.45. The maximum Gasteiger partial charge on any atom is 0.216 e. The SMILES string of the molecule is CN=C(NCc1ccccc1CS(=O)(=O)NC(C)C)Nc1ccc2c(c1)OCCCO2. The molecule has 1 heterocycles. The lowest BCUT2D eigenvalue weighted by molar-refractivity contribution is 0.297. The average Bonchev–Trinajstić information content (AvgIpc) is 2.95. The molecule has 3 N–H and O–H groups in total. The first-order valence-corrected chi connectivity index (χ1v) is 12.0. The molecule has 2 aromatic carbocycles. The lowest BCUT2D eigenvalue weighted by atomic mass is 10.1. The molecule has 0 aliphatic carbocycles. The molecule has 0 aromatic heterocycles. The van der Waals surface area contributed by atoms with Gasteiger partial charge in [-0.1, -0.05) is 24.3 Å². The van der Waals surface area contributed by atoms with E-state index >= 15 is 0 Å². The Morgan fingerprint density at radius 1 is 1.06 bits per heavy atom. The van der Waals surface area contributed by atoms with E-state index in [-0.39, 0.29) is 11.8 Å². The van der Waals surface area contributed by atoms with Crippen LogP contribution in [0.3, 0.4) is 0 Å². The summed E-state index contributed by atoms with van der Waals surface area (Å²) in [6, 6.07) is 13.0. The van der Waals surface area contributed by atoms with E-state index in [9.17, 15) is 8.42 Å². The van der Waals surface area contributed by atoms with Gasteiger partial charge in [-0.15, -0.1) is 0 Å². The predicted octanol–water partition coefficient (Wildman–Crippen LogP) is 2.86. The first-order chi connectivity index (χ1) is 14.9. The standard InChI is InChI=1S/C22H30N4O4S/c1-16(2)26-31(27,28)15-18-8-5-4-7-17(18)14-24-22(23-3)25-19-9-10-20-21(13-19)30-12-6-11-29-20/h4-5,7-10,13,16,26H,6,11-12,14-15H2,1-3H3,(H2,23,24,25). The summed E-state index contributed by atoms with van der Waals surface area (Å²) in [4.78, 5) is 4.26. The summed E-state index contributed by atoms with van der Waals surface area (Å²) in [5, 5.41) is 6.48. The summed E-state index contributed by atoms with van der Waals surface area (Å²) in [7, 11) is -1.73. The highest BCUT2D eigenvalue weighted by Crippen LogP contribution is 2.32. The fourth-order valence-corrected chi connectivity index (χ4v) is 4.70. The lowest BCUT2D eigenvalue weighted by Gasteiger charge is -2.16. The Bertz CT molecular complexity index is 1020. The number of anilines is 1. The number of nitrogens with zero attached hydrogens (tertiary/aromatic N) is 1. The molecule has 0 saturated heterocycles. The molecule has 8 nitrogen and oxygen atoms in total. The molecule has 0 unspecified atom stereocenters. The van der Waals surface area contributed by atoms with Gasteiger partial charge in [0.2, 0.25) is 10.0 Å². The normalized spacial score (nSPS) is 14.3. The van der Waals surface area contributed by atoms with Gasteiger partial charge >= 0.3 is 0 Å². The third-order valence-electron chi connectivity index (χ3n) is 4.56. The van der Waals surface area contributed by atoms with E-state index < -0.39 is 10.0 Å². The molecule has 168 valence electrons. The summed E-state index contributed by atoms with van der Waals surface area (Å²) in [6.07, 6.45) is 0.850. The Hall–Kier alpha value is -2.78. The van der Waals surface area contributed by atoms with Crippen molar-refractivity contribution in [2.24, 2.45) is 4.99 Å². The molecule has 9 heteroatoms. The molecule has 1 aliphatic heterocycles. The van der Waals surface area contributed by atoms with Crippen LogP contribution < -0.4 is 24.8 Å². The van der Waals surface area contributed by atoms with E-state index in [4.69, 9.17) is 9.47 Å². The third kappa shape index (κ3) is 6.86. The molecule has 1 aliphatic rings. The minimum atomic E-state index is -3.41. The molecule has 31 heavy (non-hydrogen) atoms. The molecule has 0 amide bonds. The number of guanidine groups is 1. The quantitative estimate of drug-likeness (QED) is 0.447. The number of sulfonamides is 1. The van der Waals surface area contributed by atoms with Crippen molar-refractivity contribution in [2.45, 2.75) is 38.6 Å². The van der Waals surface area contributed by atoms with Crippen molar-refractivity contribution in [1.29, 1.82) is 0 Å². The van der Waals surface area contributed by atoms with Gasteiger partial charge in [0.15, 0.2) is 17.5 Å². The molecular formula is C22H30N4O4S. The topological polar surface area (TPSA) is 101 Å². The van der Waals surface area contributed by atoms with Crippen molar-refractivity contribution >= 4 is 21.7 Å². The number of ether oxygens (including phenoxy) is 2. The fraction of sp³-hybridized carbons (Fsp3) is 0.409. The number of benzene rings is 2. The first-order valence-electron chi connectivity index (χ1n) is 10.3. The second-order valence-electron chi connectivity index (χ2n) is 7.56. The number of nitrogens with one attached hydrogen (secondary N) is 3. The molecule has 0 atom stereocenters.